The van der Waals surface area contributed by atoms with E-state index in [9.17, 15) is 5.26 Å². The van der Waals surface area contributed by atoms with Crippen LogP contribution in [0.3, 0.4) is 0 Å². The van der Waals surface area contributed by atoms with Crippen molar-refractivity contribution in [3.8, 4) is 6.07 Å². The molecule has 0 saturated carbocycles. The van der Waals surface area contributed by atoms with E-state index in [1.165, 1.54) is 12.7 Å². The molecule has 2 aromatic carbocycles. The fourth-order valence-electron chi connectivity index (χ4n) is 3.45. The van der Waals surface area contributed by atoms with Crippen LogP contribution in [0.1, 0.15) is 16.7 Å². The lowest BCUT2D eigenvalue weighted by Gasteiger charge is -2.21. The highest BCUT2D eigenvalue weighted by molar-refractivity contribution is 5.97. The topological polar surface area (TPSA) is 99.4 Å². The summed E-state index contributed by atoms with van der Waals surface area (Å²) in [6, 6.07) is 15.7. The molecule has 138 valence electrons. The van der Waals surface area contributed by atoms with Crippen LogP contribution in [0.15, 0.2) is 61.3 Å². The van der Waals surface area contributed by atoms with Gasteiger partial charge in [0.15, 0.2) is 0 Å². The molecule has 29 heavy (non-hydrogen) atoms. The van der Waals surface area contributed by atoms with Gasteiger partial charge in [-0.15, -0.1) is 0 Å². The lowest BCUT2D eigenvalue weighted by atomic mass is 9.96. The maximum Gasteiger partial charge on any atom is 0.141 e. The first-order valence-electron chi connectivity index (χ1n) is 9.08. The molecule has 2 N–H and O–H groups in total. The second kappa shape index (κ2) is 7.02. The normalized spacial score (nSPS) is 12.4. The van der Waals surface area contributed by atoms with Crippen LogP contribution in [0, 0.1) is 11.3 Å². The second-order valence-electron chi connectivity index (χ2n) is 6.55. The zero-order valence-electron chi connectivity index (χ0n) is 15.3. The van der Waals surface area contributed by atoms with Crippen LogP contribution in [0.4, 0.5) is 17.3 Å². The maximum absolute atomic E-state index is 9.71. The number of aromatic nitrogens is 4. The van der Waals surface area contributed by atoms with Gasteiger partial charge in [-0.3, -0.25) is 0 Å². The summed E-state index contributed by atoms with van der Waals surface area (Å²) < 4.78 is 0. The molecule has 3 heterocycles. The molecule has 0 spiro atoms. The van der Waals surface area contributed by atoms with E-state index in [1.807, 2.05) is 42.5 Å². The predicted molar refractivity (Wildman–Crippen MR) is 112 cm³/mol. The molecular formula is C22H15N7. The van der Waals surface area contributed by atoms with Gasteiger partial charge >= 0.3 is 0 Å². The van der Waals surface area contributed by atoms with Gasteiger partial charge in [-0.05, 0) is 29.8 Å². The van der Waals surface area contributed by atoms with Gasteiger partial charge in [-0.1, -0.05) is 24.3 Å². The van der Waals surface area contributed by atoms with Gasteiger partial charge in [0.05, 0.1) is 16.8 Å². The molecule has 1 aliphatic rings. The molecule has 0 fully saturated rings. The number of nitrogens with one attached hydrogen (secondary N) is 2. The van der Waals surface area contributed by atoms with Crippen LogP contribution in [-0.2, 0) is 0 Å². The highest BCUT2D eigenvalue weighted by Gasteiger charge is 2.18. The Kier molecular flexibility index (Phi) is 4.07. The van der Waals surface area contributed by atoms with Crippen LogP contribution < -0.4 is 10.6 Å². The average molecular weight is 377 g/mol. The van der Waals surface area contributed by atoms with E-state index in [0.717, 1.165) is 33.4 Å². The zero-order valence-corrected chi connectivity index (χ0v) is 15.3. The predicted octanol–water partition coefficient (Wildman–Crippen LogP) is 4.00. The minimum absolute atomic E-state index is 0.543. The van der Waals surface area contributed by atoms with Crippen LogP contribution in [-0.4, -0.2) is 26.5 Å². The summed E-state index contributed by atoms with van der Waals surface area (Å²) in [5, 5.41) is 17.3. The molecule has 0 amide bonds. The average Bonchev–Trinajstić information content (AvgIpc) is 2.79. The van der Waals surface area contributed by atoms with Crippen molar-refractivity contribution >= 4 is 39.9 Å². The standard InChI is InChI=1S/C22H15N7/c23-9-14-4-3-6-17(15-8-16-10-24-12-27-21(16)25-11-15)20(14)29-22-18-5-1-2-7-19(18)26-13-28-22/h1-8,10,12-13H,11H2,(H,24,25,27)(H,26,28,29). The Morgan fingerprint density at radius 2 is 1.93 bits per heavy atom. The highest BCUT2D eigenvalue weighted by atomic mass is 15.0. The second-order valence-corrected chi connectivity index (χ2v) is 6.55. The van der Waals surface area contributed by atoms with E-state index in [-0.39, 0.29) is 0 Å². The molecule has 4 aromatic rings. The van der Waals surface area contributed by atoms with E-state index in [2.05, 4.69) is 36.6 Å². The largest absolute Gasteiger partial charge is 0.365 e. The number of fused-ring (bicyclic) bond motifs is 2. The van der Waals surface area contributed by atoms with Crippen molar-refractivity contribution in [2.45, 2.75) is 0 Å². The first kappa shape index (κ1) is 16.8. The van der Waals surface area contributed by atoms with Crippen molar-refractivity contribution in [2.75, 3.05) is 17.2 Å². The Morgan fingerprint density at radius 1 is 1.00 bits per heavy atom. The third kappa shape index (κ3) is 3.03. The summed E-state index contributed by atoms with van der Waals surface area (Å²) >= 11 is 0. The Labute approximate surface area is 166 Å². The molecule has 7 nitrogen and oxygen atoms in total. The van der Waals surface area contributed by atoms with E-state index in [1.54, 1.807) is 12.3 Å². The number of para-hydroxylation sites is 2. The molecular weight excluding hydrogens is 362 g/mol. The van der Waals surface area contributed by atoms with Crippen LogP contribution in [0.5, 0.6) is 0 Å². The molecule has 7 heteroatoms. The smallest absolute Gasteiger partial charge is 0.141 e. The maximum atomic E-state index is 9.71. The Hall–Kier alpha value is -4.31. The molecule has 0 aliphatic carbocycles. The summed E-state index contributed by atoms with van der Waals surface area (Å²) in [6.45, 7) is 0.595. The number of nitriles is 1. The molecule has 2 aromatic heterocycles. The Bertz CT molecular complexity index is 1300. The minimum Gasteiger partial charge on any atom is -0.365 e. The monoisotopic (exact) mass is 377 g/mol. The zero-order chi connectivity index (χ0) is 19.6. The van der Waals surface area contributed by atoms with Crippen molar-refractivity contribution in [1.29, 1.82) is 5.26 Å². The first-order chi connectivity index (χ1) is 14.3. The lowest BCUT2D eigenvalue weighted by Crippen LogP contribution is -2.13. The van der Waals surface area contributed by atoms with Crippen molar-refractivity contribution in [3.05, 3.63) is 78.0 Å². The molecule has 5 rings (SSSR count). The van der Waals surface area contributed by atoms with Gasteiger partial charge < -0.3 is 10.6 Å². The van der Waals surface area contributed by atoms with Crippen molar-refractivity contribution in [3.63, 3.8) is 0 Å². The summed E-state index contributed by atoms with van der Waals surface area (Å²) in [5.74, 6) is 1.46. The third-order valence-electron chi connectivity index (χ3n) is 4.83. The summed E-state index contributed by atoms with van der Waals surface area (Å²) in [7, 11) is 0. The number of nitrogens with zero attached hydrogens (tertiary/aromatic N) is 5. The minimum atomic E-state index is 0.543. The van der Waals surface area contributed by atoms with E-state index in [4.69, 9.17) is 0 Å². The SMILES string of the molecule is N#Cc1cccc(C2=Cc3cncnc3NC2)c1Nc1ncnc2ccccc12. The van der Waals surface area contributed by atoms with Gasteiger partial charge in [0.2, 0.25) is 0 Å². The third-order valence-corrected chi connectivity index (χ3v) is 4.83. The fourth-order valence-corrected chi connectivity index (χ4v) is 3.45. The van der Waals surface area contributed by atoms with Crippen molar-refractivity contribution < 1.29 is 0 Å². The van der Waals surface area contributed by atoms with Crippen LogP contribution >= 0.6 is 0 Å². The summed E-state index contributed by atoms with van der Waals surface area (Å²) in [6.07, 6.45) is 6.86. The quantitative estimate of drug-likeness (QED) is 0.556. The van der Waals surface area contributed by atoms with Gasteiger partial charge in [0.1, 0.15) is 30.4 Å². The Morgan fingerprint density at radius 3 is 2.86 bits per heavy atom. The van der Waals surface area contributed by atoms with Gasteiger partial charge in [0, 0.05) is 29.3 Å². The number of hydrogen-bond donors (Lipinski definition) is 2. The molecule has 0 unspecified atom stereocenters. The van der Waals surface area contributed by atoms with E-state index >= 15 is 0 Å². The first-order valence-corrected chi connectivity index (χ1v) is 9.08. The fraction of sp³-hybridized carbons (Fsp3) is 0.0455. The molecule has 0 radical (unpaired) electrons. The van der Waals surface area contributed by atoms with Crippen LogP contribution in [0.2, 0.25) is 0 Å². The molecule has 0 atom stereocenters. The summed E-state index contributed by atoms with van der Waals surface area (Å²) in [4.78, 5) is 17.1. The number of rotatable bonds is 3. The van der Waals surface area contributed by atoms with Crippen LogP contribution in [0.25, 0.3) is 22.6 Å². The van der Waals surface area contributed by atoms with Crippen molar-refractivity contribution in [1.82, 2.24) is 19.9 Å². The van der Waals surface area contributed by atoms with Gasteiger partial charge in [-0.25, -0.2) is 19.9 Å². The van der Waals surface area contributed by atoms with Crippen molar-refractivity contribution in [2.24, 2.45) is 0 Å². The van der Waals surface area contributed by atoms with E-state index in [0.29, 0.717) is 23.6 Å². The number of hydrogen-bond acceptors (Lipinski definition) is 7. The number of benzene rings is 2. The molecule has 0 bridgehead atoms. The number of anilines is 3. The summed E-state index contributed by atoms with van der Waals surface area (Å²) in [5.41, 5.74) is 4.97. The molecule has 1 aliphatic heterocycles. The lowest BCUT2D eigenvalue weighted by molar-refractivity contribution is 1.12. The molecule has 0 saturated heterocycles. The van der Waals surface area contributed by atoms with Gasteiger partial charge in [0.25, 0.3) is 0 Å². The van der Waals surface area contributed by atoms with Gasteiger partial charge in [-0.2, -0.15) is 5.26 Å². The highest BCUT2D eigenvalue weighted by Crippen LogP contribution is 2.34. The van der Waals surface area contributed by atoms with E-state index < -0.39 is 0 Å². The Balaban J connectivity index is 1.64.